The fourth-order valence-corrected chi connectivity index (χ4v) is 1.92. The van der Waals surface area contributed by atoms with Gasteiger partial charge in [0.05, 0.1) is 0 Å². The molecule has 90 valence electrons. The summed E-state index contributed by atoms with van der Waals surface area (Å²) in [5.41, 5.74) is 0. The van der Waals surface area contributed by atoms with Gasteiger partial charge in [-0.1, -0.05) is 97.2 Å². The molecular formula is C18H18. The van der Waals surface area contributed by atoms with Crippen LogP contribution >= 0.6 is 0 Å². The van der Waals surface area contributed by atoms with E-state index in [1.165, 1.54) is 0 Å². The third kappa shape index (κ3) is 4.06. The van der Waals surface area contributed by atoms with Gasteiger partial charge in [-0.05, 0) is 0 Å². The van der Waals surface area contributed by atoms with E-state index in [4.69, 9.17) is 0 Å². The highest BCUT2D eigenvalue weighted by Crippen LogP contribution is 2.20. The van der Waals surface area contributed by atoms with Crippen molar-refractivity contribution in [2.45, 2.75) is 0 Å². The van der Waals surface area contributed by atoms with E-state index >= 15 is 0 Å². The Kier molecular flexibility index (Phi) is 5.01. The first-order chi connectivity index (χ1) is 8.97. The predicted molar refractivity (Wildman–Crippen MR) is 80.1 cm³/mol. The van der Waals surface area contributed by atoms with E-state index in [0.717, 1.165) is 0 Å². The lowest BCUT2D eigenvalue weighted by Gasteiger charge is -2.14. The molecule has 2 rings (SSSR count). The summed E-state index contributed by atoms with van der Waals surface area (Å²) in [6.07, 6.45) is 33.9. The molecule has 2 aliphatic rings. The van der Waals surface area contributed by atoms with Gasteiger partial charge in [0, 0.05) is 11.8 Å². The molecule has 0 heterocycles. The highest BCUT2D eigenvalue weighted by Gasteiger charge is 2.10. The second-order valence-electron chi connectivity index (χ2n) is 4.23. The topological polar surface area (TPSA) is 0 Å². The van der Waals surface area contributed by atoms with Gasteiger partial charge in [-0.25, -0.2) is 0 Å². The fraction of sp³-hybridized carbons (Fsp3) is 0.111. The summed E-state index contributed by atoms with van der Waals surface area (Å²) in [6.45, 7) is 0. The molecular weight excluding hydrogens is 216 g/mol. The van der Waals surface area contributed by atoms with Gasteiger partial charge in [0.15, 0.2) is 0 Å². The summed E-state index contributed by atoms with van der Waals surface area (Å²) >= 11 is 0. The summed E-state index contributed by atoms with van der Waals surface area (Å²) in [4.78, 5) is 0. The van der Waals surface area contributed by atoms with E-state index < -0.39 is 0 Å². The number of rotatable bonds is 1. The average molecular weight is 234 g/mol. The maximum Gasteiger partial charge on any atom is 0.00506 e. The quantitative estimate of drug-likeness (QED) is 0.617. The summed E-state index contributed by atoms with van der Waals surface area (Å²) < 4.78 is 0. The Bertz CT molecular complexity index is 386. The predicted octanol–water partition coefficient (Wildman–Crippen LogP) is 4.70. The van der Waals surface area contributed by atoms with E-state index in [1.54, 1.807) is 0 Å². The lowest BCUT2D eigenvalue weighted by Crippen LogP contribution is -2.05. The molecule has 0 aromatic carbocycles. The lowest BCUT2D eigenvalue weighted by atomic mass is 9.90. The van der Waals surface area contributed by atoms with Crippen LogP contribution in [0.2, 0.25) is 0 Å². The molecule has 0 aromatic rings. The SMILES string of the molecule is C1=C\C=C/C(C2\C=C/C=C\C=C/C=C\2)/C=C\C=C/1. The van der Waals surface area contributed by atoms with E-state index in [0.29, 0.717) is 11.8 Å². The third-order valence-corrected chi connectivity index (χ3v) is 2.89. The molecule has 0 aromatic heterocycles. The molecule has 0 fully saturated rings. The van der Waals surface area contributed by atoms with E-state index in [-0.39, 0.29) is 0 Å². The van der Waals surface area contributed by atoms with Crippen molar-refractivity contribution in [1.82, 2.24) is 0 Å². The van der Waals surface area contributed by atoms with Gasteiger partial charge < -0.3 is 0 Å². The van der Waals surface area contributed by atoms with Crippen molar-refractivity contribution in [3.63, 3.8) is 0 Å². The number of hydrogen-bond donors (Lipinski definition) is 0. The lowest BCUT2D eigenvalue weighted by molar-refractivity contribution is 0.675. The molecule has 0 unspecified atom stereocenters. The zero-order valence-electron chi connectivity index (χ0n) is 10.4. The summed E-state index contributed by atoms with van der Waals surface area (Å²) in [5.74, 6) is 0.787. The molecule has 0 spiro atoms. The molecule has 0 nitrogen and oxygen atoms in total. The molecule has 0 saturated heterocycles. The van der Waals surface area contributed by atoms with Crippen molar-refractivity contribution in [2.75, 3.05) is 0 Å². The van der Waals surface area contributed by atoms with Crippen molar-refractivity contribution in [3.05, 3.63) is 97.2 Å². The smallest absolute Gasteiger partial charge is 0.00506 e. The Balaban J connectivity index is 2.21. The van der Waals surface area contributed by atoms with Crippen LogP contribution in [-0.4, -0.2) is 0 Å². The first-order valence-electron chi connectivity index (χ1n) is 6.33. The van der Waals surface area contributed by atoms with Gasteiger partial charge in [0.25, 0.3) is 0 Å². The minimum atomic E-state index is 0.393. The van der Waals surface area contributed by atoms with E-state index in [1.807, 2.05) is 24.3 Å². The second-order valence-corrected chi connectivity index (χ2v) is 4.23. The maximum absolute atomic E-state index is 2.24. The standard InChI is InChI=1S/C18H18/c1-2-6-10-14-17(13-9-5-1)18-15-11-7-3-4-8-12-16-18/h1-18H/b5-1-,6-2-,7-3-,8-4-,13-9-,14-10-,15-11-,16-12-. The van der Waals surface area contributed by atoms with Gasteiger partial charge in [0.2, 0.25) is 0 Å². The van der Waals surface area contributed by atoms with Crippen molar-refractivity contribution in [3.8, 4) is 0 Å². The van der Waals surface area contributed by atoms with Crippen LogP contribution in [0.1, 0.15) is 0 Å². The Morgan fingerprint density at radius 1 is 0.278 bits per heavy atom. The van der Waals surface area contributed by atoms with Crippen LogP contribution in [0.5, 0.6) is 0 Å². The van der Waals surface area contributed by atoms with Gasteiger partial charge in [-0.3, -0.25) is 0 Å². The average Bonchev–Trinajstić information content (AvgIpc) is 2.61. The molecule has 18 heavy (non-hydrogen) atoms. The Morgan fingerprint density at radius 3 is 0.778 bits per heavy atom. The molecule has 0 heteroatoms. The molecule has 0 atom stereocenters. The molecule has 0 amide bonds. The Hall–Kier alpha value is -2.08. The van der Waals surface area contributed by atoms with Crippen LogP contribution in [0.4, 0.5) is 0 Å². The third-order valence-electron chi connectivity index (χ3n) is 2.89. The van der Waals surface area contributed by atoms with E-state index in [9.17, 15) is 0 Å². The van der Waals surface area contributed by atoms with Crippen molar-refractivity contribution in [1.29, 1.82) is 0 Å². The molecule has 0 saturated carbocycles. The number of hydrogen-bond acceptors (Lipinski definition) is 0. The van der Waals surface area contributed by atoms with E-state index in [2.05, 4.69) is 72.9 Å². The van der Waals surface area contributed by atoms with Gasteiger partial charge >= 0.3 is 0 Å². The van der Waals surface area contributed by atoms with Crippen molar-refractivity contribution < 1.29 is 0 Å². The Morgan fingerprint density at radius 2 is 0.500 bits per heavy atom. The minimum Gasteiger partial charge on any atom is -0.0767 e. The summed E-state index contributed by atoms with van der Waals surface area (Å²) in [6, 6.07) is 0. The normalized spacial score (nSPS) is 34.4. The number of allylic oxidation sites excluding steroid dienone is 16. The molecule has 2 aliphatic carbocycles. The highest BCUT2D eigenvalue weighted by atomic mass is 14.1. The molecule has 0 N–H and O–H groups in total. The van der Waals surface area contributed by atoms with Crippen LogP contribution in [0, 0.1) is 11.8 Å². The van der Waals surface area contributed by atoms with Crippen LogP contribution in [0.3, 0.4) is 0 Å². The largest absolute Gasteiger partial charge is 0.0767 e. The van der Waals surface area contributed by atoms with Crippen LogP contribution in [0.15, 0.2) is 97.2 Å². The van der Waals surface area contributed by atoms with Crippen LogP contribution in [0.25, 0.3) is 0 Å². The van der Waals surface area contributed by atoms with Gasteiger partial charge in [-0.2, -0.15) is 0 Å². The van der Waals surface area contributed by atoms with Crippen LogP contribution < -0.4 is 0 Å². The molecule has 0 aliphatic heterocycles. The Labute approximate surface area is 109 Å². The molecule has 0 radical (unpaired) electrons. The second kappa shape index (κ2) is 7.29. The minimum absolute atomic E-state index is 0.393. The van der Waals surface area contributed by atoms with Gasteiger partial charge in [-0.15, -0.1) is 0 Å². The zero-order chi connectivity index (χ0) is 12.5. The fourth-order valence-electron chi connectivity index (χ4n) is 1.92. The van der Waals surface area contributed by atoms with Crippen molar-refractivity contribution >= 4 is 0 Å². The van der Waals surface area contributed by atoms with Crippen molar-refractivity contribution in [2.24, 2.45) is 11.8 Å². The highest BCUT2D eigenvalue weighted by molar-refractivity contribution is 5.26. The monoisotopic (exact) mass is 234 g/mol. The summed E-state index contributed by atoms with van der Waals surface area (Å²) in [7, 11) is 0. The molecule has 0 bridgehead atoms. The van der Waals surface area contributed by atoms with Crippen LogP contribution in [-0.2, 0) is 0 Å². The summed E-state index contributed by atoms with van der Waals surface area (Å²) in [5, 5.41) is 0. The first-order valence-corrected chi connectivity index (χ1v) is 6.33. The maximum atomic E-state index is 2.24. The van der Waals surface area contributed by atoms with Gasteiger partial charge in [0.1, 0.15) is 0 Å². The zero-order valence-corrected chi connectivity index (χ0v) is 10.4. The first kappa shape index (κ1) is 12.4.